The van der Waals surface area contributed by atoms with Crippen LogP contribution in [0.2, 0.25) is 0 Å². The number of nitrogens with zero attached hydrogens (tertiary/aromatic N) is 3. The molecule has 6 rings (SSSR count). The Morgan fingerprint density at radius 2 is 1.41 bits per heavy atom. The molecule has 3 aliphatic heterocycles. The highest BCUT2D eigenvalue weighted by Crippen LogP contribution is 2.49. The fraction of sp³-hybridized carbons (Fsp3) is 0.219. The molecule has 3 aliphatic rings. The van der Waals surface area contributed by atoms with Crippen molar-refractivity contribution >= 4 is 45.7 Å². The second kappa shape index (κ2) is 10.5. The minimum atomic E-state index is 0. The number of hydrogen-bond donors (Lipinski definition) is 0. The molecule has 37 heavy (non-hydrogen) atoms. The lowest BCUT2D eigenvalue weighted by atomic mass is 9.87. The van der Waals surface area contributed by atoms with Crippen LogP contribution < -0.4 is 0 Å². The van der Waals surface area contributed by atoms with Crippen LogP contribution in [0, 0.1) is 20.8 Å². The van der Waals surface area contributed by atoms with Crippen molar-refractivity contribution in [1.29, 1.82) is 0 Å². The van der Waals surface area contributed by atoms with Crippen LogP contribution in [0.5, 0.6) is 0 Å². The van der Waals surface area contributed by atoms with Crippen molar-refractivity contribution in [1.82, 2.24) is 9.80 Å². The molecule has 0 fully saturated rings. The Hall–Kier alpha value is -2.86. The number of halogens is 1. The minimum Gasteiger partial charge on any atom is -0.308 e. The number of amidine groups is 1. The van der Waals surface area contributed by atoms with Crippen LogP contribution in [0.3, 0.4) is 0 Å². The number of aryl methyl sites for hydroxylation is 3. The number of likely N-dealkylation sites (N-methyl/N-ethyl adjacent to an activating group) is 1. The van der Waals surface area contributed by atoms with Gasteiger partial charge in [0.15, 0.2) is 5.17 Å². The molecule has 3 aromatic carbocycles. The molecule has 0 bridgehead atoms. The monoisotopic (exact) mass is 569 g/mol. The van der Waals surface area contributed by atoms with E-state index >= 15 is 0 Å². The van der Waals surface area contributed by atoms with Crippen LogP contribution in [-0.4, -0.2) is 35.1 Å². The van der Waals surface area contributed by atoms with Crippen molar-refractivity contribution in [2.75, 3.05) is 20.1 Å². The van der Waals surface area contributed by atoms with Gasteiger partial charge in [0, 0.05) is 18.5 Å². The van der Waals surface area contributed by atoms with Crippen LogP contribution in [0.25, 0.3) is 11.8 Å². The summed E-state index contributed by atoms with van der Waals surface area (Å²) < 4.78 is 0. The molecular weight excluding hydrogens is 538 g/mol. The van der Waals surface area contributed by atoms with Gasteiger partial charge in [-0.25, -0.2) is 4.99 Å². The summed E-state index contributed by atoms with van der Waals surface area (Å²) in [6.07, 6.45) is 2.32. The lowest BCUT2D eigenvalue weighted by Crippen LogP contribution is -2.40. The molecule has 0 saturated heterocycles. The third-order valence-electron chi connectivity index (χ3n) is 7.18. The van der Waals surface area contributed by atoms with E-state index < -0.39 is 0 Å². The summed E-state index contributed by atoms with van der Waals surface area (Å²) >= 11 is 1.74. The van der Waals surface area contributed by atoms with E-state index in [4.69, 9.17) is 4.99 Å². The molecule has 3 nitrogen and oxygen atoms in total. The summed E-state index contributed by atoms with van der Waals surface area (Å²) in [6, 6.07) is 26.8. The second-order valence-electron chi connectivity index (χ2n) is 10.2. The SMILES string of the molecule is Br.Cc1ccc(/C=C2\CN(C)CC3=C2N=C2SC=C(c4ccc(C)cc4)N2C3c2ccc(C)cc2)cc1. The van der Waals surface area contributed by atoms with Crippen LogP contribution in [-0.2, 0) is 0 Å². The van der Waals surface area contributed by atoms with E-state index in [1.54, 1.807) is 11.8 Å². The predicted molar refractivity (Wildman–Crippen MR) is 164 cm³/mol. The molecule has 188 valence electrons. The normalized spacial score (nSPS) is 20.3. The molecule has 5 heteroatoms. The van der Waals surface area contributed by atoms with Gasteiger partial charge >= 0.3 is 0 Å². The van der Waals surface area contributed by atoms with Crippen molar-refractivity contribution in [3.8, 4) is 0 Å². The maximum atomic E-state index is 5.32. The fourth-order valence-electron chi connectivity index (χ4n) is 5.27. The highest BCUT2D eigenvalue weighted by Gasteiger charge is 2.41. The Morgan fingerprint density at radius 3 is 2.05 bits per heavy atom. The lowest BCUT2D eigenvalue weighted by molar-refractivity contribution is 0.344. The first kappa shape index (κ1) is 25.8. The maximum Gasteiger partial charge on any atom is 0.174 e. The molecular formula is C32H32BrN3S. The number of benzene rings is 3. The summed E-state index contributed by atoms with van der Waals surface area (Å²) in [5.74, 6) is 0. The average Bonchev–Trinajstić information content (AvgIpc) is 3.29. The van der Waals surface area contributed by atoms with Gasteiger partial charge < -0.3 is 4.90 Å². The van der Waals surface area contributed by atoms with E-state index in [2.05, 4.69) is 122 Å². The van der Waals surface area contributed by atoms with Gasteiger partial charge in [-0.3, -0.25) is 4.90 Å². The third-order valence-corrected chi connectivity index (χ3v) is 8.02. The zero-order chi connectivity index (χ0) is 24.8. The largest absolute Gasteiger partial charge is 0.308 e. The van der Waals surface area contributed by atoms with Gasteiger partial charge in [0.05, 0.1) is 17.4 Å². The number of aliphatic imine (C=N–C) groups is 1. The Kier molecular flexibility index (Phi) is 7.30. The van der Waals surface area contributed by atoms with Crippen molar-refractivity contribution in [2.45, 2.75) is 26.8 Å². The Bertz CT molecular complexity index is 1430. The average molecular weight is 571 g/mol. The van der Waals surface area contributed by atoms with Crippen LogP contribution in [0.15, 0.2) is 100 Å². The summed E-state index contributed by atoms with van der Waals surface area (Å²) in [6.45, 7) is 8.23. The number of fused-ring (bicyclic) bond motifs is 1. The van der Waals surface area contributed by atoms with Gasteiger partial charge in [0.25, 0.3) is 0 Å². The predicted octanol–water partition coefficient (Wildman–Crippen LogP) is 7.93. The first-order valence-electron chi connectivity index (χ1n) is 12.5. The van der Waals surface area contributed by atoms with Crippen molar-refractivity contribution in [3.63, 3.8) is 0 Å². The first-order chi connectivity index (χ1) is 17.5. The zero-order valence-corrected chi connectivity index (χ0v) is 24.3. The number of hydrogen-bond acceptors (Lipinski definition) is 4. The van der Waals surface area contributed by atoms with E-state index in [1.165, 1.54) is 50.2 Å². The van der Waals surface area contributed by atoms with Gasteiger partial charge in [0.2, 0.25) is 0 Å². The molecule has 0 aliphatic carbocycles. The lowest BCUT2D eigenvalue weighted by Gasteiger charge is -2.42. The topological polar surface area (TPSA) is 18.8 Å². The van der Waals surface area contributed by atoms with Gasteiger partial charge in [-0.05, 0) is 61.7 Å². The zero-order valence-electron chi connectivity index (χ0n) is 21.7. The molecule has 0 radical (unpaired) electrons. The number of rotatable bonds is 3. The number of thioether (sulfide) groups is 1. The van der Waals surface area contributed by atoms with E-state index in [9.17, 15) is 0 Å². The smallest absolute Gasteiger partial charge is 0.174 e. The molecule has 0 saturated carbocycles. The molecule has 1 atom stereocenters. The highest BCUT2D eigenvalue weighted by molar-refractivity contribution is 8.93. The second-order valence-corrected chi connectivity index (χ2v) is 11.0. The van der Waals surface area contributed by atoms with Gasteiger partial charge in [-0.15, -0.1) is 17.0 Å². The van der Waals surface area contributed by atoms with Gasteiger partial charge in [-0.1, -0.05) is 101 Å². The third kappa shape index (κ3) is 5.00. The summed E-state index contributed by atoms with van der Waals surface area (Å²) in [5.41, 5.74) is 12.7. The van der Waals surface area contributed by atoms with E-state index in [-0.39, 0.29) is 23.0 Å². The molecule has 3 heterocycles. The van der Waals surface area contributed by atoms with Gasteiger partial charge in [0.1, 0.15) is 0 Å². The summed E-state index contributed by atoms with van der Waals surface area (Å²) in [4.78, 5) is 10.2. The molecule has 0 aromatic heterocycles. The van der Waals surface area contributed by atoms with E-state index in [0.717, 1.165) is 24.0 Å². The van der Waals surface area contributed by atoms with Crippen molar-refractivity contribution < 1.29 is 0 Å². The summed E-state index contributed by atoms with van der Waals surface area (Å²) in [5, 5.41) is 3.34. The van der Waals surface area contributed by atoms with E-state index in [1.807, 2.05) is 0 Å². The van der Waals surface area contributed by atoms with E-state index in [0.29, 0.717) is 0 Å². The maximum absolute atomic E-state index is 5.32. The Morgan fingerprint density at radius 1 is 0.811 bits per heavy atom. The summed E-state index contributed by atoms with van der Waals surface area (Å²) in [7, 11) is 2.22. The minimum absolute atomic E-state index is 0. The molecule has 3 aromatic rings. The quantitative estimate of drug-likeness (QED) is 0.319. The molecule has 0 N–H and O–H groups in total. The van der Waals surface area contributed by atoms with Crippen LogP contribution in [0.1, 0.15) is 39.4 Å². The standard InChI is InChI=1S/C32H31N3S.BrH/c1-21-5-11-24(12-6-21)17-27-18-34(4)19-28-30(27)33-32-35(31(28)26-15-9-23(3)10-16-26)29(20-36-32)25-13-7-22(2)8-14-25;/h5-17,20,31H,18-19H2,1-4H3;1H/b27-17+;. The van der Waals surface area contributed by atoms with Crippen LogP contribution in [0.4, 0.5) is 0 Å². The first-order valence-corrected chi connectivity index (χ1v) is 13.4. The molecule has 0 amide bonds. The highest BCUT2D eigenvalue weighted by atomic mass is 79.9. The van der Waals surface area contributed by atoms with Crippen LogP contribution >= 0.6 is 28.7 Å². The van der Waals surface area contributed by atoms with Crippen molar-refractivity contribution in [2.24, 2.45) is 4.99 Å². The van der Waals surface area contributed by atoms with Gasteiger partial charge in [-0.2, -0.15) is 0 Å². The molecule has 1 unspecified atom stereocenters. The fourth-order valence-corrected chi connectivity index (χ4v) is 6.20. The Balaban J connectivity index is 0.00000280. The van der Waals surface area contributed by atoms with Crippen molar-refractivity contribution in [3.05, 3.63) is 128 Å². The Labute approximate surface area is 235 Å². The molecule has 0 spiro atoms.